The Hall–Kier alpha value is -1.97. The number of benzene rings is 1. The van der Waals surface area contributed by atoms with Crippen molar-refractivity contribution in [3.63, 3.8) is 0 Å². The number of nitrogens with one attached hydrogen (secondary N) is 1. The second-order valence-corrected chi connectivity index (χ2v) is 4.88. The molecule has 1 aliphatic rings. The number of aryl methyl sites for hydroxylation is 1. The Labute approximate surface area is 113 Å². The van der Waals surface area contributed by atoms with E-state index < -0.39 is 0 Å². The summed E-state index contributed by atoms with van der Waals surface area (Å²) < 4.78 is 7.52. The molecule has 19 heavy (non-hydrogen) atoms. The number of para-hydroxylation sites is 1. The molecule has 1 aliphatic heterocycles. The Bertz CT molecular complexity index is 552. The number of aromatic nitrogens is 2. The molecule has 0 amide bonds. The van der Waals surface area contributed by atoms with Crippen molar-refractivity contribution >= 4 is 5.69 Å². The zero-order chi connectivity index (χ0) is 13.2. The van der Waals surface area contributed by atoms with Crippen LogP contribution in [-0.2, 0) is 13.0 Å². The summed E-state index contributed by atoms with van der Waals surface area (Å²) in [6.07, 6.45) is 3.87. The fraction of sp³-hybridized carbons (Fsp3) is 0.400. The zero-order valence-corrected chi connectivity index (χ0v) is 11.4. The highest BCUT2D eigenvalue weighted by atomic mass is 16.5. The van der Waals surface area contributed by atoms with E-state index >= 15 is 0 Å². The van der Waals surface area contributed by atoms with Gasteiger partial charge in [0.2, 0.25) is 0 Å². The van der Waals surface area contributed by atoms with Crippen molar-refractivity contribution in [3.05, 3.63) is 41.7 Å². The third-order valence-electron chi connectivity index (χ3n) is 3.60. The zero-order valence-electron chi connectivity index (χ0n) is 11.4. The minimum atomic E-state index is 0.251. The van der Waals surface area contributed by atoms with Crippen molar-refractivity contribution in [1.29, 1.82) is 0 Å². The molecule has 0 saturated heterocycles. The first-order chi connectivity index (χ1) is 9.33. The highest BCUT2D eigenvalue weighted by Gasteiger charge is 2.27. The fourth-order valence-corrected chi connectivity index (χ4v) is 2.74. The summed E-state index contributed by atoms with van der Waals surface area (Å²) in [5.41, 5.74) is 3.73. The topological polar surface area (TPSA) is 39.1 Å². The van der Waals surface area contributed by atoms with Crippen LogP contribution < -0.4 is 10.1 Å². The molecule has 0 saturated carbocycles. The molecule has 4 nitrogen and oxygen atoms in total. The molecule has 0 radical (unpaired) electrons. The van der Waals surface area contributed by atoms with Crippen LogP contribution >= 0.6 is 0 Å². The van der Waals surface area contributed by atoms with Crippen molar-refractivity contribution < 1.29 is 4.74 Å². The van der Waals surface area contributed by atoms with Crippen molar-refractivity contribution in [2.45, 2.75) is 32.4 Å². The second kappa shape index (κ2) is 4.96. The van der Waals surface area contributed by atoms with Gasteiger partial charge in [-0.1, -0.05) is 25.1 Å². The molecular formula is C15H19N3O. The standard InChI is InChI=1S/C15H19N3O/c1-3-8-18-15(14(19-2)10-16-18)13-9-11-6-4-5-7-12(11)17-13/h4-7,10,13,17H,3,8-9H2,1-2H3. The van der Waals surface area contributed by atoms with E-state index in [9.17, 15) is 0 Å². The van der Waals surface area contributed by atoms with Crippen LogP contribution in [0, 0.1) is 0 Å². The second-order valence-electron chi connectivity index (χ2n) is 4.88. The molecule has 1 unspecified atom stereocenters. The molecular weight excluding hydrogens is 238 g/mol. The van der Waals surface area contributed by atoms with Gasteiger partial charge in [-0.15, -0.1) is 0 Å². The van der Waals surface area contributed by atoms with E-state index in [-0.39, 0.29) is 6.04 Å². The number of nitrogens with zero attached hydrogens (tertiary/aromatic N) is 2. The summed E-state index contributed by atoms with van der Waals surface area (Å²) in [5.74, 6) is 0.874. The minimum absolute atomic E-state index is 0.251. The van der Waals surface area contributed by atoms with E-state index in [4.69, 9.17) is 4.74 Å². The smallest absolute Gasteiger partial charge is 0.162 e. The van der Waals surface area contributed by atoms with Crippen LogP contribution in [0.25, 0.3) is 0 Å². The van der Waals surface area contributed by atoms with E-state index in [0.29, 0.717) is 0 Å². The van der Waals surface area contributed by atoms with Gasteiger partial charge in [0.05, 0.1) is 19.3 Å². The van der Waals surface area contributed by atoms with Gasteiger partial charge in [-0.3, -0.25) is 4.68 Å². The molecule has 0 aliphatic carbocycles. The fourth-order valence-electron chi connectivity index (χ4n) is 2.74. The van der Waals surface area contributed by atoms with Crippen LogP contribution in [0.2, 0.25) is 0 Å². The van der Waals surface area contributed by atoms with Crippen molar-refractivity contribution in [2.24, 2.45) is 0 Å². The summed E-state index contributed by atoms with van der Waals surface area (Å²) in [4.78, 5) is 0. The molecule has 1 atom stereocenters. The Morgan fingerprint density at radius 3 is 3.00 bits per heavy atom. The largest absolute Gasteiger partial charge is 0.493 e. The van der Waals surface area contributed by atoms with Crippen molar-refractivity contribution in [1.82, 2.24) is 9.78 Å². The average Bonchev–Trinajstić information content (AvgIpc) is 3.01. The molecule has 1 N–H and O–H groups in total. The van der Waals surface area contributed by atoms with E-state index in [1.807, 2.05) is 6.20 Å². The van der Waals surface area contributed by atoms with E-state index in [1.54, 1.807) is 7.11 Å². The number of hydrogen-bond donors (Lipinski definition) is 1. The molecule has 0 fully saturated rings. The van der Waals surface area contributed by atoms with Crippen LogP contribution in [0.5, 0.6) is 5.75 Å². The van der Waals surface area contributed by atoms with E-state index in [2.05, 4.69) is 46.3 Å². The summed E-state index contributed by atoms with van der Waals surface area (Å²) >= 11 is 0. The maximum Gasteiger partial charge on any atom is 0.162 e. The number of anilines is 1. The van der Waals surface area contributed by atoms with E-state index in [1.165, 1.54) is 11.3 Å². The summed E-state index contributed by atoms with van der Waals surface area (Å²) in [6, 6.07) is 8.71. The molecule has 3 rings (SSSR count). The highest BCUT2D eigenvalue weighted by molar-refractivity contribution is 5.58. The number of methoxy groups -OCH3 is 1. The number of fused-ring (bicyclic) bond motifs is 1. The van der Waals surface area contributed by atoms with Gasteiger partial charge < -0.3 is 10.1 Å². The number of hydrogen-bond acceptors (Lipinski definition) is 3. The quantitative estimate of drug-likeness (QED) is 0.915. The van der Waals surface area contributed by atoms with Crippen LogP contribution in [0.1, 0.15) is 30.6 Å². The third-order valence-corrected chi connectivity index (χ3v) is 3.60. The Morgan fingerprint density at radius 1 is 1.42 bits per heavy atom. The minimum Gasteiger partial charge on any atom is -0.493 e. The molecule has 2 aromatic rings. The first-order valence-electron chi connectivity index (χ1n) is 6.77. The SMILES string of the molecule is CCCn1ncc(OC)c1C1Cc2ccccc2N1. The Kier molecular flexibility index (Phi) is 3.15. The van der Waals surface area contributed by atoms with Gasteiger partial charge in [-0.05, 0) is 18.1 Å². The molecule has 100 valence electrons. The lowest BCUT2D eigenvalue weighted by atomic mass is 10.1. The Morgan fingerprint density at radius 2 is 2.26 bits per heavy atom. The maximum absolute atomic E-state index is 5.46. The average molecular weight is 257 g/mol. The summed E-state index contributed by atoms with van der Waals surface area (Å²) in [5, 5.41) is 8.01. The summed E-state index contributed by atoms with van der Waals surface area (Å²) in [6.45, 7) is 3.09. The van der Waals surface area contributed by atoms with Gasteiger partial charge in [0.1, 0.15) is 5.69 Å². The first-order valence-corrected chi connectivity index (χ1v) is 6.77. The predicted molar refractivity (Wildman–Crippen MR) is 75.6 cm³/mol. The van der Waals surface area contributed by atoms with Crippen LogP contribution in [-0.4, -0.2) is 16.9 Å². The lowest BCUT2D eigenvalue weighted by Crippen LogP contribution is -2.14. The van der Waals surface area contributed by atoms with Gasteiger partial charge >= 0.3 is 0 Å². The van der Waals surface area contributed by atoms with Gasteiger partial charge in [0.25, 0.3) is 0 Å². The van der Waals surface area contributed by atoms with Gasteiger partial charge in [0, 0.05) is 18.7 Å². The molecule has 4 heteroatoms. The molecule has 2 heterocycles. The van der Waals surface area contributed by atoms with Crippen LogP contribution in [0.4, 0.5) is 5.69 Å². The van der Waals surface area contributed by atoms with Gasteiger partial charge in [0.15, 0.2) is 5.75 Å². The first kappa shape index (κ1) is 12.1. The van der Waals surface area contributed by atoms with Gasteiger partial charge in [-0.2, -0.15) is 5.10 Å². The molecule has 0 bridgehead atoms. The number of rotatable bonds is 4. The molecule has 1 aromatic carbocycles. The van der Waals surface area contributed by atoms with Crippen molar-refractivity contribution in [3.8, 4) is 5.75 Å². The maximum atomic E-state index is 5.46. The van der Waals surface area contributed by atoms with Crippen molar-refractivity contribution in [2.75, 3.05) is 12.4 Å². The molecule has 1 aromatic heterocycles. The van der Waals surface area contributed by atoms with Gasteiger partial charge in [-0.25, -0.2) is 0 Å². The molecule has 0 spiro atoms. The lowest BCUT2D eigenvalue weighted by Gasteiger charge is -2.15. The lowest BCUT2D eigenvalue weighted by molar-refractivity contribution is 0.403. The van der Waals surface area contributed by atoms with E-state index in [0.717, 1.165) is 30.8 Å². The monoisotopic (exact) mass is 257 g/mol. The van der Waals surface area contributed by atoms with Crippen LogP contribution in [0.15, 0.2) is 30.5 Å². The summed E-state index contributed by atoms with van der Waals surface area (Å²) in [7, 11) is 1.71. The normalized spacial score (nSPS) is 17.1. The predicted octanol–water partition coefficient (Wildman–Crippen LogP) is 3.01. The van der Waals surface area contributed by atoms with Crippen LogP contribution in [0.3, 0.4) is 0 Å². The number of ether oxygens (including phenoxy) is 1. The Balaban J connectivity index is 1.93. The highest BCUT2D eigenvalue weighted by Crippen LogP contribution is 2.37. The third kappa shape index (κ3) is 2.07.